The molecule has 2 aliphatic rings. The monoisotopic (exact) mass is 489 g/mol. The second-order valence-electron chi connectivity index (χ2n) is 8.87. The van der Waals surface area contributed by atoms with Gasteiger partial charge < -0.3 is 10.1 Å². The number of halogens is 1. The van der Waals surface area contributed by atoms with Crippen LogP contribution in [-0.4, -0.2) is 69.5 Å². The van der Waals surface area contributed by atoms with Gasteiger partial charge in [-0.25, -0.2) is 12.8 Å². The SMILES string of the molecule is Cc1ccc(S(=O)(=O)N2CCCCC2)cc1C(=O)NCC(c1ccc(F)cc1)N1CCOCC1. The molecule has 2 saturated heterocycles. The molecular formula is C25H32FN3O4S. The molecule has 1 amide bonds. The van der Waals surface area contributed by atoms with Crippen molar-refractivity contribution in [3.8, 4) is 0 Å². The number of nitrogens with zero attached hydrogens (tertiary/aromatic N) is 2. The summed E-state index contributed by atoms with van der Waals surface area (Å²) < 4.78 is 46.7. The number of carbonyl (C=O) groups is 1. The lowest BCUT2D eigenvalue weighted by Crippen LogP contribution is -2.44. The van der Waals surface area contributed by atoms with Gasteiger partial charge in [0.1, 0.15) is 5.82 Å². The normalized spacial score (nSPS) is 19.0. The summed E-state index contributed by atoms with van der Waals surface area (Å²) in [5, 5.41) is 2.98. The maximum Gasteiger partial charge on any atom is 0.251 e. The summed E-state index contributed by atoms with van der Waals surface area (Å²) in [7, 11) is -3.63. The fourth-order valence-corrected chi connectivity index (χ4v) is 6.12. The first-order valence-corrected chi connectivity index (χ1v) is 13.3. The number of aryl methyl sites for hydroxylation is 1. The standard InChI is InChI=1S/C25H32FN3O4S/c1-19-5-10-22(34(31,32)29-11-3-2-4-12-29)17-23(19)25(30)27-18-24(28-13-15-33-16-14-28)20-6-8-21(26)9-7-20/h5-10,17,24H,2-4,11-16,18H2,1H3,(H,27,30). The lowest BCUT2D eigenvalue weighted by molar-refractivity contribution is 0.0162. The molecule has 0 radical (unpaired) electrons. The molecule has 0 saturated carbocycles. The number of morpholine rings is 1. The number of nitrogens with one attached hydrogen (secondary N) is 1. The number of ether oxygens (including phenoxy) is 1. The maximum absolute atomic E-state index is 13.5. The van der Waals surface area contributed by atoms with Crippen LogP contribution in [0.15, 0.2) is 47.4 Å². The highest BCUT2D eigenvalue weighted by atomic mass is 32.2. The van der Waals surface area contributed by atoms with Crippen LogP contribution in [0.5, 0.6) is 0 Å². The zero-order chi connectivity index (χ0) is 24.1. The zero-order valence-electron chi connectivity index (χ0n) is 19.5. The van der Waals surface area contributed by atoms with E-state index in [-0.39, 0.29) is 22.7 Å². The van der Waals surface area contributed by atoms with Crippen molar-refractivity contribution >= 4 is 15.9 Å². The predicted octanol–water partition coefficient (Wildman–Crippen LogP) is 3.11. The van der Waals surface area contributed by atoms with Crippen LogP contribution in [0.1, 0.15) is 46.8 Å². The Morgan fingerprint density at radius 3 is 2.38 bits per heavy atom. The van der Waals surface area contributed by atoms with Crippen molar-refractivity contribution in [1.29, 1.82) is 0 Å². The van der Waals surface area contributed by atoms with Gasteiger partial charge in [-0.05, 0) is 55.2 Å². The van der Waals surface area contributed by atoms with Crippen molar-refractivity contribution in [2.24, 2.45) is 0 Å². The van der Waals surface area contributed by atoms with Crippen molar-refractivity contribution in [3.05, 3.63) is 65.0 Å². The third kappa shape index (κ3) is 5.66. The molecule has 2 aromatic carbocycles. The van der Waals surface area contributed by atoms with Gasteiger partial charge in [-0.1, -0.05) is 24.6 Å². The molecule has 2 aromatic rings. The van der Waals surface area contributed by atoms with Crippen molar-refractivity contribution in [2.75, 3.05) is 45.9 Å². The highest BCUT2D eigenvalue weighted by molar-refractivity contribution is 7.89. The van der Waals surface area contributed by atoms with Crippen LogP contribution in [0.4, 0.5) is 4.39 Å². The Kier molecular flexibility index (Phi) is 7.98. The van der Waals surface area contributed by atoms with Gasteiger partial charge >= 0.3 is 0 Å². The highest BCUT2D eigenvalue weighted by Gasteiger charge is 2.28. The van der Waals surface area contributed by atoms with Gasteiger partial charge in [0.25, 0.3) is 5.91 Å². The number of hydrogen-bond donors (Lipinski definition) is 1. The largest absolute Gasteiger partial charge is 0.379 e. The van der Waals surface area contributed by atoms with Crippen LogP contribution in [0.2, 0.25) is 0 Å². The van der Waals surface area contributed by atoms with Crippen molar-refractivity contribution in [1.82, 2.24) is 14.5 Å². The second kappa shape index (κ2) is 10.9. The van der Waals surface area contributed by atoms with Crippen molar-refractivity contribution in [2.45, 2.75) is 37.1 Å². The highest BCUT2D eigenvalue weighted by Crippen LogP contribution is 2.24. The molecule has 34 heavy (non-hydrogen) atoms. The van der Waals surface area contributed by atoms with Crippen LogP contribution in [0.3, 0.4) is 0 Å². The summed E-state index contributed by atoms with van der Waals surface area (Å²) >= 11 is 0. The first-order chi connectivity index (χ1) is 16.4. The molecule has 0 aromatic heterocycles. The molecule has 7 nitrogen and oxygen atoms in total. The van der Waals surface area contributed by atoms with Gasteiger partial charge in [0.2, 0.25) is 10.0 Å². The number of piperidine rings is 1. The summed E-state index contributed by atoms with van der Waals surface area (Å²) in [6, 6.07) is 10.9. The Bertz CT molecular complexity index is 1100. The van der Waals surface area contributed by atoms with E-state index in [4.69, 9.17) is 4.74 Å². The number of sulfonamides is 1. The lowest BCUT2D eigenvalue weighted by Gasteiger charge is -2.35. The molecule has 1 atom stereocenters. The first kappa shape index (κ1) is 24.8. The average molecular weight is 490 g/mol. The van der Waals surface area contributed by atoms with Gasteiger partial charge in [-0.15, -0.1) is 0 Å². The predicted molar refractivity (Wildman–Crippen MR) is 128 cm³/mol. The maximum atomic E-state index is 13.5. The molecule has 2 fully saturated rings. The molecule has 1 N–H and O–H groups in total. The van der Waals surface area contributed by atoms with E-state index in [1.165, 1.54) is 22.5 Å². The van der Waals surface area contributed by atoms with E-state index in [9.17, 15) is 17.6 Å². The molecule has 9 heteroatoms. The van der Waals surface area contributed by atoms with Crippen LogP contribution >= 0.6 is 0 Å². The molecule has 2 aliphatic heterocycles. The fourth-order valence-electron chi connectivity index (χ4n) is 4.58. The van der Waals surface area contributed by atoms with E-state index >= 15 is 0 Å². The quantitative estimate of drug-likeness (QED) is 0.647. The van der Waals surface area contributed by atoms with Crippen molar-refractivity contribution in [3.63, 3.8) is 0 Å². The number of rotatable bonds is 7. The van der Waals surface area contributed by atoms with Gasteiger partial charge in [0.15, 0.2) is 0 Å². The first-order valence-electron chi connectivity index (χ1n) is 11.8. The Labute approximate surface area is 200 Å². The summed E-state index contributed by atoms with van der Waals surface area (Å²) in [5.41, 5.74) is 1.96. The third-order valence-corrected chi connectivity index (χ3v) is 8.50. The number of hydrogen-bond acceptors (Lipinski definition) is 5. The number of carbonyl (C=O) groups excluding carboxylic acids is 1. The molecule has 0 aliphatic carbocycles. The van der Waals surface area contributed by atoms with Gasteiger partial charge in [0.05, 0.1) is 24.2 Å². The van der Waals surface area contributed by atoms with Crippen LogP contribution in [0.25, 0.3) is 0 Å². The minimum atomic E-state index is -3.63. The van der Waals surface area contributed by atoms with Crippen LogP contribution in [-0.2, 0) is 14.8 Å². The van der Waals surface area contributed by atoms with Gasteiger partial charge in [-0.3, -0.25) is 9.69 Å². The Morgan fingerprint density at radius 2 is 1.71 bits per heavy atom. The van der Waals surface area contributed by atoms with Crippen LogP contribution in [0, 0.1) is 12.7 Å². The lowest BCUT2D eigenvalue weighted by atomic mass is 10.0. The van der Waals surface area contributed by atoms with Crippen molar-refractivity contribution < 1.29 is 22.3 Å². The number of benzene rings is 2. The van der Waals surface area contributed by atoms with Gasteiger partial charge in [0, 0.05) is 38.3 Å². The third-order valence-electron chi connectivity index (χ3n) is 6.60. The minimum Gasteiger partial charge on any atom is -0.379 e. The second-order valence-corrected chi connectivity index (χ2v) is 10.8. The zero-order valence-corrected chi connectivity index (χ0v) is 20.3. The molecule has 184 valence electrons. The smallest absolute Gasteiger partial charge is 0.251 e. The van der Waals surface area contributed by atoms with E-state index in [1.807, 2.05) is 0 Å². The fraction of sp³-hybridized carbons (Fsp3) is 0.480. The summed E-state index contributed by atoms with van der Waals surface area (Å²) in [4.78, 5) is 15.5. The van der Waals surface area contributed by atoms with E-state index in [1.54, 1.807) is 31.2 Å². The summed E-state index contributed by atoms with van der Waals surface area (Å²) in [6.45, 7) is 5.75. The molecule has 2 heterocycles. The summed E-state index contributed by atoms with van der Waals surface area (Å²) in [5.74, 6) is -0.635. The molecule has 0 spiro atoms. The Hall–Kier alpha value is -2.33. The minimum absolute atomic E-state index is 0.144. The van der Waals surface area contributed by atoms with E-state index in [0.717, 1.165) is 24.8 Å². The molecular weight excluding hydrogens is 457 g/mol. The van der Waals surface area contributed by atoms with E-state index < -0.39 is 10.0 Å². The summed E-state index contributed by atoms with van der Waals surface area (Å²) in [6.07, 6.45) is 2.74. The average Bonchev–Trinajstić information content (AvgIpc) is 2.86. The molecule has 0 bridgehead atoms. The molecule has 1 unspecified atom stereocenters. The Balaban J connectivity index is 1.52. The van der Waals surface area contributed by atoms with E-state index in [0.29, 0.717) is 57.1 Å². The molecule has 4 rings (SSSR count). The van der Waals surface area contributed by atoms with E-state index in [2.05, 4.69) is 10.2 Å². The topological polar surface area (TPSA) is 79.0 Å². The number of amides is 1. The van der Waals surface area contributed by atoms with Gasteiger partial charge in [-0.2, -0.15) is 4.31 Å². The Morgan fingerprint density at radius 1 is 1.03 bits per heavy atom. The van der Waals surface area contributed by atoms with Crippen LogP contribution < -0.4 is 5.32 Å².